The molecule has 0 radical (unpaired) electrons. The van der Waals surface area contributed by atoms with E-state index in [2.05, 4.69) is 4.90 Å². The van der Waals surface area contributed by atoms with Gasteiger partial charge in [-0.1, -0.05) is 0 Å². The SMILES string of the molecule is O=C(O)CC1CCN(C(=O)N2CCOCC2)CC1CCN1CCC(C(=O)O)CC1. The van der Waals surface area contributed by atoms with E-state index in [0.29, 0.717) is 58.7 Å². The summed E-state index contributed by atoms with van der Waals surface area (Å²) in [6, 6.07) is 0.0364. The van der Waals surface area contributed by atoms with Gasteiger partial charge in [-0.15, -0.1) is 0 Å². The van der Waals surface area contributed by atoms with Crippen molar-refractivity contribution in [3.8, 4) is 0 Å². The number of likely N-dealkylation sites (tertiary alicyclic amines) is 2. The monoisotopic (exact) mass is 411 g/mol. The first-order valence-corrected chi connectivity index (χ1v) is 10.7. The van der Waals surface area contributed by atoms with Crippen molar-refractivity contribution in [3.05, 3.63) is 0 Å². The van der Waals surface area contributed by atoms with Crippen LogP contribution < -0.4 is 0 Å². The summed E-state index contributed by atoms with van der Waals surface area (Å²) in [5.41, 5.74) is 0. The number of carboxylic acids is 2. The third-order valence-electron chi connectivity index (χ3n) is 6.63. The molecule has 0 bridgehead atoms. The van der Waals surface area contributed by atoms with Gasteiger partial charge in [0.25, 0.3) is 0 Å². The molecular formula is C20H33N3O6. The van der Waals surface area contributed by atoms with Gasteiger partial charge in [0.15, 0.2) is 0 Å². The number of hydrogen-bond acceptors (Lipinski definition) is 5. The molecule has 0 aromatic heterocycles. The largest absolute Gasteiger partial charge is 0.481 e. The molecule has 0 saturated carbocycles. The molecule has 0 aliphatic carbocycles. The van der Waals surface area contributed by atoms with E-state index < -0.39 is 11.9 Å². The Labute approximate surface area is 171 Å². The molecule has 0 aromatic rings. The van der Waals surface area contributed by atoms with Crippen LogP contribution in [0.3, 0.4) is 0 Å². The van der Waals surface area contributed by atoms with E-state index in [1.165, 1.54) is 0 Å². The maximum atomic E-state index is 12.8. The topological polar surface area (TPSA) is 111 Å². The lowest BCUT2D eigenvalue weighted by Crippen LogP contribution is -2.53. The summed E-state index contributed by atoms with van der Waals surface area (Å²) >= 11 is 0. The van der Waals surface area contributed by atoms with Crippen LogP contribution in [0.15, 0.2) is 0 Å². The van der Waals surface area contributed by atoms with Crippen LogP contribution in [0.5, 0.6) is 0 Å². The Morgan fingerprint density at radius 3 is 2.17 bits per heavy atom. The molecule has 2 unspecified atom stereocenters. The number of hydrogen-bond donors (Lipinski definition) is 2. The summed E-state index contributed by atoms with van der Waals surface area (Å²) in [6.45, 7) is 5.91. The molecule has 2 N–H and O–H groups in total. The van der Waals surface area contributed by atoms with Crippen molar-refractivity contribution in [2.45, 2.75) is 32.1 Å². The highest BCUT2D eigenvalue weighted by Gasteiger charge is 2.35. The number of carbonyl (C=O) groups is 3. The Hall–Kier alpha value is -1.87. The minimum atomic E-state index is -0.782. The number of aliphatic carboxylic acids is 2. The van der Waals surface area contributed by atoms with E-state index in [4.69, 9.17) is 9.84 Å². The molecule has 9 nitrogen and oxygen atoms in total. The molecule has 3 heterocycles. The number of ether oxygens (including phenoxy) is 1. The molecule has 2 atom stereocenters. The predicted octanol–water partition coefficient (Wildman–Crippen LogP) is 1.04. The first-order chi connectivity index (χ1) is 13.9. The number of amides is 2. The van der Waals surface area contributed by atoms with Crippen molar-refractivity contribution in [3.63, 3.8) is 0 Å². The van der Waals surface area contributed by atoms with Gasteiger partial charge in [0, 0.05) is 32.6 Å². The average molecular weight is 411 g/mol. The Bertz CT molecular complexity index is 587. The van der Waals surface area contributed by atoms with E-state index >= 15 is 0 Å². The smallest absolute Gasteiger partial charge is 0.320 e. The van der Waals surface area contributed by atoms with Crippen LogP contribution in [-0.2, 0) is 14.3 Å². The van der Waals surface area contributed by atoms with Crippen LogP contribution in [0.25, 0.3) is 0 Å². The molecule has 3 aliphatic rings. The third-order valence-corrected chi connectivity index (χ3v) is 6.63. The van der Waals surface area contributed by atoms with E-state index in [1.807, 2.05) is 9.80 Å². The summed E-state index contributed by atoms with van der Waals surface area (Å²) in [5, 5.41) is 18.4. The summed E-state index contributed by atoms with van der Waals surface area (Å²) in [5.74, 6) is -1.51. The van der Waals surface area contributed by atoms with E-state index in [9.17, 15) is 19.5 Å². The Morgan fingerprint density at radius 1 is 0.862 bits per heavy atom. The fourth-order valence-corrected chi connectivity index (χ4v) is 4.78. The van der Waals surface area contributed by atoms with Crippen LogP contribution in [0.4, 0.5) is 4.79 Å². The van der Waals surface area contributed by atoms with Crippen LogP contribution in [0.1, 0.15) is 32.1 Å². The molecule has 3 saturated heterocycles. The first kappa shape index (κ1) is 21.8. The van der Waals surface area contributed by atoms with Crippen molar-refractivity contribution in [1.82, 2.24) is 14.7 Å². The van der Waals surface area contributed by atoms with E-state index in [1.54, 1.807) is 0 Å². The summed E-state index contributed by atoms with van der Waals surface area (Å²) in [6.07, 6.45) is 3.03. The van der Waals surface area contributed by atoms with Crippen molar-refractivity contribution in [1.29, 1.82) is 0 Å². The highest BCUT2D eigenvalue weighted by Crippen LogP contribution is 2.30. The highest BCUT2D eigenvalue weighted by atomic mass is 16.5. The fraction of sp³-hybridized carbons (Fsp3) is 0.850. The average Bonchev–Trinajstić information content (AvgIpc) is 2.73. The lowest BCUT2D eigenvalue weighted by Gasteiger charge is -2.42. The van der Waals surface area contributed by atoms with Gasteiger partial charge in [0.1, 0.15) is 0 Å². The zero-order valence-corrected chi connectivity index (χ0v) is 17.0. The summed E-state index contributed by atoms with van der Waals surface area (Å²) in [4.78, 5) is 41.3. The molecule has 2 amide bonds. The minimum absolute atomic E-state index is 0.0364. The van der Waals surface area contributed by atoms with Crippen LogP contribution in [0, 0.1) is 17.8 Å². The molecule has 3 fully saturated rings. The number of carboxylic acid groups (broad SMARTS) is 2. The second-order valence-corrected chi connectivity index (χ2v) is 8.48. The number of morpholine rings is 1. The zero-order chi connectivity index (χ0) is 20.8. The molecule has 9 heteroatoms. The zero-order valence-electron chi connectivity index (χ0n) is 17.0. The van der Waals surface area contributed by atoms with Gasteiger partial charge in [-0.05, 0) is 57.2 Å². The van der Waals surface area contributed by atoms with Gasteiger partial charge in [-0.2, -0.15) is 0 Å². The maximum Gasteiger partial charge on any atom is 0.320 e. The maximum absolute atomic E-state index is 12.8. The molecule has 0 aromatic carbocycles. The second-order valence-electron chi connectivity index (χ2n) is 8.48. The van der Waals surface area contributed by atoms with Crippen molar-refractivity contribution >= 4 is 18.0 Å². The number of nitrogens with zero attached hydrogens (tertiary/aromatic N) is 3. The molecule has 3 aliphatic heterocycles. The van der Waals surface area contributed by atoms with E-state index in [0.717, 1.165) is 26.1 Å². The van der Waals surface area contributed by atoms with Crippen molar-refractivity contribution in [2.24, 2.45) is 17.8 Å². The molecule has 3 rings (SSSR count). The predicted molar refractivity (Wildman–Crippen MR) is 105 cm³/mol. The first-order valence-electron chi connectivity index (χ1n) is 10.7. The third kappa shape index (κ3) is 6.05. The van der Waals surface area contributed by atoms with Gasteiger partial charge in [-0.25, -0.2) is 4.79 Å². The lowest BCUT2D eigenvalue weighted by molar-refractivity contribution is -0.143. The number of piperidine rings is 2. The molecule has 164 valence electrons. The second kappa shape index (κ2) is 10.2. The number of rotatable bonds is 6. The number of urea groups is 1. The van der Waals surface area contributed by atoms with Crippen molar-refractivity contribution in [2.75, 3.05) is 59.0 Å². The molecule has 29 heavy (non-hydrogen) atoms. The Kier molecular flexibility index (Phi) is 7.71. The van der Waals surface area contributed by atoms with Gasteiger partial charge >= 0.3 is 18.0 Å². The van der Waals surface area contributed by atoms with Crippen LogP contribution in [0.2, 0.25) is 0 Å². The van der Waals surface area contributed by atoms with Crippen molar-refractivity contribution < 1.29 is 29.3 Å². The lowest BCUT2D eigenvalue weighted by atomic mass is 9.81. The fourth-order valence-electron chi connectivity index (χ4n) is 4.78. The van der Waals surface area contributed by atoms with Gasteiger partial charge in [0.2, 0.25) is 0 Å². The summed E-state index contributed by atoms with van der Waals surface area (Å²) in [7, 11) is 0. The van der Waals surface area contributed by atoms with Gasteiger partial charge in [-0.3, -0.25) is 9.59 Å². The van der Waals surface area contributed by atoms with Gasteiger partial charge < -0.3 is 29.6 Å². The van der Waals surface area contributed by atoms with Crippen LogP contribution in [-0.4, -0.2) is 102 Å². The van der Waals surface area contributed by atoms with Gasteiger partial charge in [0.05, 0.1) is 19.1 Å². The standard InChI is InChI=1S/C20H33N3O6/c24-18(25)13-16-4-8-23(20(28)22-9-11-29-12-10-22)14-17(16)3-7-21-5-1-15(2-6-21)19(26)27/h15-17H,1-14H2,(H,24,25)(H,26,27). The van der Waals surface area contributed by atoms with Crippen LogP contribution >= 0.6 is 0 Å². The van der Waals surface area contributed by atoms with E-state index in [-0.39, 0.29) is 30.2 Å². The number of carbonyl (C=O) groups excluding carboxylic acids is 1. The highest BCUT2D eigenvalue weighted by molar-refractivity contribution is 5.75. The molecule has 0 spiro atoms. The minimum Gasteiger partial charge on any atom is -0.481 e. The normalized spacial score (nSPS) is 27.0. The quantitative estimate of drug-likeness (QED) is 0.672. The Morgan fingerprint density at radius 2 is 1.55 bits per heavy atom. The molecular weight excluding hydrogens is 378 g/mol. The Balaban J connectivity index is 1.54. The summed E-state index contributed by atoms with van der Waals surface area (Å²) < 4.78 is 5.33.